The molecule has 0 fully saturated rings. The number of benzene rings is 2. The number of rotatable bonds is 7. The Morgan fingerprint density at radius 2 is 1.69 bits per heavy atom. The zero-order valence-electron chi connectivity index (χ0n) is 16.4. The molecule has 3 rings (SSSR count). The van der Waals surface area contributed by atoms with Gasteiger partial charge in [0.25, 0.3) is 5.91 Å². The fraction of sp³-hybridized carbons (Fsp3) is 0.190. The third-order valence-corrected chi connectivity index (χ3v) is 4.23. The number of carbonyl (C=O) groups excluding carboxylic acids is 2. The molecule has 0 atom stereocenters. The lowest BCUT2D eigenvalue weighted by atomic mass is 10.1. The zero-order valence-corrected chi connectivity index (χ0v) is 16.4. The molecule has 3 aromatic rings. The Morgan fingerprint density at radius 3 is 2.38 bits per heavy atom. The molecular weight excluding hydrogens is 372 g/mol. The summed E-state index contributed by atoms with van der Waals surface area (Å²) in [6, 6.07) is 16.0. The Labute approximate surface area is 168 Å². The van der Waals surface area contributed by atoms with Crippen LogP contribution in [0, 0.1) is 0 Å². The summed E-state index contributed by atoms with van der Waals surface area (Å²) in [5.74, 6) is 0.901. The maximum atomic E-state index is 12.5. The highest BCUT2D eigenvalue weighted by Gasteiger charge is 2.16. The summed E-state index contributed by atoms with van der Waals surface area (Å²) >= 11 is 0. The Kier molecular flexibility index (Phi) is 6.13. The summed E-state index contributed by atoms with van der Waals surface area (Å²) in [4.78, 5) is 24.8. The van der Waals surface area contributed by atoms with Crippen LogP contribution in [0.25, 0.3) is 0 Å². The minimum atomic E-state index is -0.406. The van der Waals surface area contributed by atoms with Gasteiger partial charge in [-0.3, -0.25) is 14.3 Å². The molecule has 0 aliphatic rings. The molecule has 0 unspecified atom stereocenters. The molecule has 0 radical (unpaired) electrons. The van der Waals surface area contributed by atoms with Crippen LogP contribution in [0.5, 0.6) is 11.5 Å². The number of carbonyl (C=O) groups is 2. The van der Waals surface area contributed by atoms with Crippen LogP contribution < -0.4 is 20.1 Å². The second kappa shape index (κ2) is 8.92. The van der Waals surface area contributed by atoms with Crippen molar-refractivity contribution in [1.82, 2.24) is 9.78 Å². The van der Waals surface area contributed by atoms with E-state index in [1.807, 2.05) is 30.3 Å². The molecule has 8 heteroatoms. The molecule has 0 saturated heterocycles. The molecule has 0 bridgehead atoms. The Bertz CT molecular complexity index is 1010. The normalized spacial score (nSPS) is 10.3. The number of anilines is 2. The molecule has 1 heterocycles. The lowest BCUT2D eigenvalue weighted by molar-refractivity contribution is -0.115. The van der Waals surface area contributed by atoms with E-state index in [1.165, 1.54) is 25.0 Å². The number of aryl methyl sites for hydroxylation is 1. The van der Waals surface area contributed by atoms with Crippen LogP contribution in [0.2, 0.25) is 0 Å². The van der Waals surface area contributed by atoms with Crippen molar-refractivity contribution in [1.29, 1.82) is 0 Å². The number of hydrogen-bond acceptors (Lipinski definition) is 5. The maximum Gasteiger partial charge on any atom is 0.276 e. The number of aromatic nitrogens is 2. The van der Waals surface area contributed by atoms with Crippen LogP contribution in [0.1, 0.15) is 16.1 Å². The van der Waals surface area contributed by atoms with E-state index >= 15 is 0 Å². The smallest absolute Gasteiger partial charge is 0.276 e. The zero-order chi connectivity index (χ0) is 20.8. The molecule has 2 amide bonds. The molecular formula is C21H22N4O4. The van der Waals surface area contributed by atoms with E-state index in [4.69, 9.17) is 9.47 Å². The van der Waals surface area contributed by atoms with E-state index in [2.05, 4.69) is 15.7 Å². The predicted molar refractivity (Wildman–Crippen MR) is 109 cm³/mol. The summed E-state index contributed by atoms with van der Waals surface area (Å²) in [5, 5.41) is 9.71. The van der Waals surface area contributed by atoms with Crippen molar-refractivity contribution in [2.75, 3.05) is 24.9 Å². The number of hydrogen-bond donors (Lipinski definition) is 2. The van der Waals surface area contributed by atoms with Gasteiger partial charge in [0.15, 0.2) is 17.2 Å². The molecule has 0 aliphatic carbocycles. The Morgan fingerprint density at radius 1 is 0.966 bits per heavy atom. The fourth-order valence-corrected chi connectivity index (χ4v) is 2.77. The average molecular weight is 394 g/mol. The second-order valence-electron chi connectivity index (χ2n) is 6.27. The summed E-state index contributed by atoms with van der Waals surface area (Å²) in [6.07, 6.45) is 0.235. The van der Waals surface area contributed by atoms with Crippen molar-refractivity contribution in [3.05, 3.63) is 65.9 Å². The molecule has 2 aromatic carbocycles. The largest absolute Gasteiger partial charge is 0.493 e. The first-order valence-electron chi connectivity index (χ1n) is 8.91. The quantitative estimate of drug-likeness (QED) is 0.643. The molecule has 0 aliphatic heterocycles. The van der Waals surface area contributed by atoms with Gasteiger partial charge in [-0.2, -0.15) is 5.10 Å². The molecule has 150 valence electrons. The van der Waals surface area contributed by atoms with Crippen LogP contribution in [0.4, 0.5) is 11.5 Å². The SMILES string of the molecule is COc1ccc(NC(=O)c2cc(NC(=O)Cc3ccccc3)n(C)n2)cc1OC. The van der Waals surface area contributed by atoms with Crippen molar-refractivity contribution in [2.24, 2.45) is 7.05 Å². The molecule has 0 spiro atoms. The minimum absolute atomic E-state index is 0.178. The van der Waals surface area contributed by atoms with Crippen LogP contribution >= 0.6 is 0 Å². The number of ether oxygens (including phenoxy) is 2. The molecule has 8 nitrogen and oxygen atoms in total. The minimum Gasteiger partial charge on any atom is -0.493 e. The van der Waals surface area contributed by atoms with E-state index in [1.54, 1.807) is 25.2 Å². The molecule has 0 saturated carbocycles. The van der Waals surface area contributed by atoms with E-state index < -0.39 is 5.91 Å². The van der Waals surface area contributed by atoms with E-state index in [-0.39, 0.29) is 18.0 Å². The van der Waals surface area contributed by atoms with Crippen molar-refractivity contribution >= 4 is 23.3 Å². The van der Waals surface area contributed by atoms with Gasteiger partial charge >= 0.3 is 0 Å². The Balaban J connectivity index is 1.67. The first-order chi connectivity index (χ1) is 14.0. The molecule has 2 N–H and O–H groups in total. The number of nitrogens with zero attached hydrogens (tertiary/aromatic N) is 2. The van der Waals surface area contributed by atoms with Crippen LogP contribution in [0.3, 0.4) is 0 Å². The van der Waals surface area contributed by atoms with Gasteiger partial charge in [-0.05, 0) is 17.7 Å². The summed E-state index contributed by atoms with van der Waals surface area (Å²) in [5.41, 5.74) is 1.61. The number of amides is 2. The van der Waals surface area contributed by atoms with Gasteiger partial charge in [-0.1, -0.05) is 30.3 Å². The standard InChI is InChI=1S/C21H22N4O4/c1-25-19(23-20(26)11-14-7-5-4-6-8-14)13-16(24-25)21(27)22-15-9-10-17(28-2)18(12-15)29-3/h4-10,12-13H,11H2,1-3H3,(H,22,27)(H,23,26). The van der Waals surface area contributed by atoms with Crippen molar-refractivity contribution < 1.29 is 19.1 Å². The van der Waals surface area contributed by atoms with Gasteiger partial charge in [-0.25, -0.2) is 0 Å². The van der Waals surface area contributed by atoms with Crippen molar-refractivity contribution in [2.45, 2.75) is 6.42 Å². The van der Waals surface area contributed by atoms with Gasteiger partial charge in [-0.15, -0.1) is 0 Å². The van der Waals surface area contributed by atoms with Crippen LogP contribution in [0.15, 0.2) is 54.6 Å². The number of methoxy groups -OCH3 is 2. The van der Waals surface area contributed by atoms with Gasteiger partial charge in [0.1, 0.15) is 5.82 Å². The first-order valence-corrected chi connectivity index (χ1v) is 8.91. The number of nitrogens with one attached hydrogen (secondary N) is 2. The molecule has 29 heavy (non-hydrogen) atoms. The van der Waals surface area contributed by atoms with Gasteiger partial charge in [0, 0.05) is 24.9 Å². The van der Waals surface area contributed by atoms with E-state index in [0.29, 0.717) is 23.0 Å². The highest BCUT2D eigenvalue weighted by Crippen LogP contribution is 2.29. The van der Waals surface area contributed by atoms with E-state index in [9.17, 15) is 9.59 Å². The summed E-state index contributed by atoms with van der Waals surface area (Å²) in [6.45, 7) is 0. The first kappa shape index (κ1) is 19.9. The van der Waals surface area contributed by atoms with Crippen LogP contribution in [-0.4, -0.2) is 35.8 Å². The third kappa shape index (κ3) is 4.92. The predicted octanol–water partition coefficient (Wildman–Crippen LogP) is 2.87. The van der Waals surface area contributed by atoms with Gasteiger partial charge in [0.05, 0.1) is 20.6 Å². The van der Waals surface area contributed by atoms with E-state index in [0.717, 1.165) is 5.56 Å². The lowest BCUT2D eigenvalue weighted by Crippen LogP contribution is -2.16. The lowest BCUT2D eigenvalue weighted by Gasteiger charge is -2.09. The summed E-state index contributed by atoms with van der Waals surface area (Å²) in [7, 11) is 4.72. The molecule has 1 aromatic heterocycles. The van der Waals surface area contributed by atoms with Gasteiger partial charge in [0.2, 0.25) is 5.91 Å². The monoisotopic (exact) mass is 394 g/mol. The summed E-state index contributed by atoms with van der Waals surface area (Å²) < 4.78 is 11.9. The Hall–Kier alpha value is -3.81. The van der Waals surface area contributed by atoms with Gasteiger partial charge < -0.3 is 20.1 Å². The third-order valence-electron chi connectivity index (χ3n) is 4.23. The highest BCUT2D eigenvalue weighted by atomic mass is 16.5. The topological polar surface area (TPSA) is 94.5 Å². The highest BCUT2D eigenvalue weighted by molar-refractivity contribution is 6.04. The van der Waals surface area contributed by atoms with Crippen molar-refractivity contribution in [3.63, 3.8) is 0 Å². The fourth-order valence-electron chi connectivity index (χ4n) is 2.77. The van der Waals surface area contributed by atoms with Crippen LogP contribution in [-0.2, 0) is 18.3 Å². The second-order valence-corrected chi connectivity index (χ2v) is 6.27. The average Bonchev–Trinajstić information content (AvgIpc) is 3.09. The van der Waals surface area contributed by atoms with Crippen molar-refractivity contribution in [3.8, 4) is 11.5 Å². The maximum absolute atomic E-state index is 12.5.